The molecule has 0 fully saturated rings. The van der Waals surface area contributed by atoms with Gasteiger partial charge in [0.25, 0.3) is 0 Å². The van der Waals surface area contributed by atoms with Crippen molar-refractivity contribution >= 4 is 33.8 Å². The number of benzene rings is 2. The van der Waals surface area contributed by atoms with E-state index >= 15 is 0 Å². The first kappa shape index (κ1) is 18.8. The van der Waals surface area contributed by atoms with Crippen molar-refractivity contribution in [2.45, 2.75) is 24.5 Å². The van der Waals surface area contributed by atoms with Gasteiger partial charge in [-0.05, 0) is 56.6 Å². The third-order valence-electron chi connectivity index (χ3n) is 4.28. The van der Waals surface area contributed by atoms with Gasteiger partial charge in [-0.15, -0.1) is 12.4 Å². The van der Waals surface area contributed by atoms with Gasteiger partial charge >= 0.3 is 0 Å². The van der Waals surface area contributed by atoms with Crippen molar-refractivity contribution in [1.82, 2.24) is 5.32 Å². The Kier molecular flexibility index (Phi) is 6.27. The molecular weight excluding hydrogens is 344 g/mol. The van der Waals surface area contributed by atoms with E-state index in [0.717, 1.165) is 24.2 Å². The van der Waals surface area contributed by atoms with Crippen LogP contribution >= 0.6 is 12.4 Å². The van der Waals surface area contributed by atoms with Crippen LogP contribution in [0.5, 0.6) is 0 Å². The van der Waals surface area contributed by atoms with E-state index in [2.05, 4.69) is 5.32 Å². The molecule has 3 rings (SSSR count). The normalized spacial score (nSPS) is 18.5. The van der Waals surface area contributed by atoms with Crippen molar-refractivity contribution in [2.24, 2.45) is 0 Å². The van der Waals surface area contributed by atoms with Crippen LogP contribution in [0.2, 0.25) is 0 Å². The average Bonchev–Trinajstić information content (AvgIpc) is 2.56. The van der Waals surface area contributed by atoms with Crippen LogP contribution in [0.1, 0.15) is 18.4 Å². The molecule has 0 saturated carbocycles. The highest BCUT2D eigenvalue weighted by Gasteiger charge is 2.38. The van der Waals surface area contributed by atoms with Crippen LogP contribution < -0.4 is 9.62 Å². The first-order valence-corrected chi connectivity index (χ1v) is 9.46. The number of rotatable bonds is 5. The Morgan fingerprint density at radius 2 is 1.75 bits per heavy atom. The lowest BCUT2D eigenvalue weighted by Gasteiger charge is -2.35. The van der Waals surface area contributed by atoms with Crippen molar-refractivity contribution in [3.8, 4) is 0 Å². The Morgan fingerprint density at radius 3 is 2.46 bits per heavy atom. The van der Waals surface area contributed by atoms with Gasteiger partial charge in [0, 0.05) is 0 Å². The zero-order valence-electron chi connectivity index (χ0n) is 13.7. The fraction of sp³-hybridized carbons (Fsp3) is 0.333. The molecule has 1 unspecified atom stereocenters. The predicted molar refractivity (Wildman–Crippen MR) is 102 cm³/mol. The van der Waals surface area contributed by atoms with Crippen molar-refractivity contribution in [3.63, 3.8) is 0 Å². The second-order valence-corrected chi connectivity index (χ2v) is 7.91. The number of nitrogens with zero attached hydrogens (tertiary/aromatic N) is 1. The molecule has 2 aromatic rings. The summed E-state index contributed by atoms with van der Waals surface area (Å²) >= 11 is 0. The number of para-hydroxylation sites is 2. The molecule has 1 aliphatic heterocycles. The van der Waals surface area contributed by atoms with Crippen LogP contribution in [-0.2, 0) is 16.4 Å². The summed E-state index contributed by atoms with van der Waals surface area (Å²) < 4.78 is 27.9. The highest BCUT2D eigenvalue weighted by molar-refractivity contribution is 7.93. The number of hydrogen-bond acceptors (Lipinski definition) is 3. The Hall–Kier alpha value is -1.56. The van der Waals surface area contributed by atoms with E-state index < -0.39 is 10.0 Å². The van der Waals surface area contributed by atoms with Gasteiger partial charge in [0.1, 0.15) is 0 Å². The van der Waals surface area contributed by atoms with Gasteiger partial charge in [-0.25, -0.2) is 12.7 Å². The van der Waals surface area contributed by atoms with Gasteiger partial charge < -0.3 is 5.32 Å². The van der Waals surface area contributed by atoms with E-state index in [1.807, 2.05) is 61.6 Å². The second kappa shape index (κ2) is 8.01. The Bertz CT molecular complexity index is 766. The molecule has 0 saturated heterocycles. The minimum absolute atomic E-state index is 0. The molecule has 0 bridgehead atoms. The first-order valence-electron chi connectivity index (χ1n) is 7.96. The number of hydrogen-bond donors (Lipinski definition) is 1. The maximum Gasteiger partial charge on any atom is 0.242 e. The molecule has 130 valence electrons. The van der Waals surface area contributed by atoms with E-state index in [0.29, 0.717) is 18.5 Å². The van der Waals surface area contributed by atoms with Crippen LogP contribution in [0.4, 0.5) is 11.4 Å². The standard InChI is InChI=1S/C18H22N2O2S.ClH/c1-19-13-7-11-17-14-15-8-5-6-12-18(15)20(23(17,21)22)16-9-3-2-4-10-16;/h2-6,8-10,12,17,19H,7,11,13-14H2,1H3;1H. The second-order valence-electron chi connectivity index (χ2n) is 5.85. The predicted octanol–water partition coefficient (Wildman–Crippen LogP) is 3.50. The largest absolute Gasteiger partial charge is 0.320 e. The molecule has 1 N–H and O–H groups in total. The fourth-order valence-corrected chi connectivity index (χ4v) is 5.15. The van der Waals surface area contributed by atoms with Crippen LogP contribution in [0, 0.1) is 0 Å². The van der Waals surface area contributed by atoms with Gasteiger partial charge in [0.15, 0.2) is 0 Å². The Labute approximate surface area is 150 Å². The molecule has 0 radical (unpaired) electrons. The molecule has 0 aliphatic carbocycles. The van der Waals surface area contributed by atoms with Gasteiger partial charge in [-0.3, -0.25) is 0 Å². The molecule has 1 aliphatic rings. The SMILES string of the molecule is CNCCCC1Cc2ccccc2N(c2ccccc2)S1(=O)=O.Cl. The summed E-state index contributed by atoms with van der Waals surface area (Å²) in [6, 6.07) is 17.1. The minimum atomic E-state index is -3.41. The lowest BCUT2D eigenvalue weighted by molar-refractivity contribution is 0.554. The quantitative estimate of drug-likeness (QED) is 0.824. The molecule has 1 atom stereocenters. The fourth-order valence-electron chi connectivity index (χ4n) is 3.13. The average molecular weight is 367 g/mol. The van der Waals surface area contributed by atoms with E-state index in [4.69, 9.17) is 0 Å². The molecule has 0 aromatic heterocycles. The van der Waals surface area contributed by atoms with Crippen LogP contribution in [0.15, 0.2) is 54.6 Å². The molecule has 1 heterocycles. The van der Waals surface area contributed by atoms with Gasteiger partial charge in [-0.2, -0.15) is 0 Å². The summed E-state index contributed by atoms with van der Waals surface area (Å²) in [7, 11) is -1.52. The van der Waals surface area contributed by atoms with E-state index in [1.165, 1.54) is 4.31 Å². The van der Waals surface area contributed by atoms with Gasteiger partial charge in [0.2, 0.25) is 10.0 Å². The molecule has 0 spiro atoms. The maximum atomic E-state index is 13.2. The lowest BCUT2D eigenvalue weighted by atomic mass is 10.0. The van der Waals surface area contributed by atoms with Crippen molar-refractivity contribution < 1.29 is 8.42 Å². The smallest absolute Gasteiger partial charge is 0.242 e. The number of nitrogens with one attached hydrogen (secondary N) is 1. The number of fused-ring (bicyclic) bond motifs is 1. The van der Waals surface area contributed by atoms with E-state index in [9.17, 15) is 8.42 Å². The number of sulfonamides is 1. The van der Waals surface area contributed by atoms with Crippen molar-refractivity contribution in [3.05, 3.63) is 60.2 Å². The highest BCUT2D eigenvalue weighted by Crippen LogP contribution is 2.39. The van der Waals surface area contributed by atoms with E-state index in [1.54, 1.807) is 0 Å². The summed E-state index contributed by atoms with van der Waals surface area (Å²) in [6.45, 7) is 0.832. The first-order chi connectivity index (χ1) is 11.1. The van der Waals surface area contributed by atoms with E-state index in [-0.39, 0.29) is 17.7 Å². The number of halogens is 1. The molecule has 0 amide bonds. The Morgan fingerprint density at radius 1 is 1.08 bits per heavy atom. The topological polar surface area (TPSA) is 49.4 Å². The summed E-state index contributed by atoms with van der Waals surface area (Å²) in [5.74, 6) is 0. The lowest BCUT2D eigenvalue weighted by Crippen LogP contribution is -2.41. The summed E-state index contributed by atoms with van der Waals surface area (Å²) in [4.78, 5) is 0. The van der Waals surface area contributed by atoms with Crippen LogP contribution in [0.25, 0.3) is 0 Å². The summed E-state index contributed by atoms with van der Waals surface area (Å²) in [6.07, 6.45) is 2.11. The van der Waals surface area contributed by atoms with Crippen LogP contribution in [0.3, 0.4) is 0 Å². The monoisotopic (exact) mass is 366 g/mol. The number of anilines is 2. The molecular formula is C18H23ClN2O2S. The third-order valence-corrected chi connectivity index (χ3v) is 6.44. The third kappa shape index (κ3) is 3.58. The molecule has 4 nitrogen and oxygen atoms in total. The minimum Gasteiger partial charge on any atom is -0.320 e. The van der Waals surface area contributed by atoms with Gasteiger partial charge in [0.05, 0.1) is 16.6 Å². The zero-order chi connectivity index (χ0) is 16.3. The zero-order valence-corrected chi connectivity index (χ0v) is 15.3. The summed E-state index contributed by atoms with van der Waals surface area (Å²) in [5.41, 5.74) is 2.59. The van der Waals surface area contributed by atoms with Crippen molar-refractivity contribution in [2.75, 3.05) is 17.9 Å². The summed E-state index contributed by atoms with van der Waals surface area (Å²) in [5, 5.41) is 2.72. The van der Waals surface area contributed by atoms with Gasteiger partial charge in [-0.1, -0.05) is 36.4 Å². The molecule has 6 heteroatoms. The molecule has 24 heavy (non-hydrogen) atoms. The van der Waals surface area contributed by atoms with Crippen molar-refractivity contribution in [1.29, 1.82) is 0 Å². The maximum absolute atomic E-state index is 13.2. The Balaban J connectivity index is 0.00000208. The molecule has 2 aromatic carbocycles. The van der Waals surface area contributed by atoms with Crippen LogP contribution in [-0.4, -0.2) is 27.3 Å². The highest BCUT2D eigenvalue weighted by atomic mass is 35.5.